The van der Waals surface area contributed by atoms with E-state index < -0.39 is 15.9 Å². The van der Waals surface area contributed by atoms with Gasteiger partial charge in [0, 0.05) is 12.6 Å². The summed E-state index contributed by atoms with van der Waals surface area (Å²) < 4.78 is 31.2. The van der Waals surface area contributed by atoms with Crippen molar-refractivity contribution >= 4 is 32.4 Å². The fourth-order valence-electron chi connectivity index (χ4n) is 2.46. The molecule has 0 aliphatic carbocycles. The molecule has 0 bridgehead atoms. The molecule has 0 unspecified atom stereocenters. The number of nitrogens with zero attached hydrogens (tertiary/aromatic N) is 3. The van der Waals surface area contributed by atoms with Crippen LogP contribution in [0.5, 0.6) is 5.75 Å². The molecule has 3 rings (SSSR count). The van der Waals surface area contributed by atoms with Gasteiger partial charge in [-0.15, -0.1) is 10.2 Å². The van der Waals surface area contributed by atoms with Gasteiger partial charge in [-0.1, -0.05) is 41.2 Å². The Morgan fingerprint density at radius 2 is 1.76 bits per heavy atom. The van der Waals surface area contributed by atoms with Crippen molar-refractivity contribution in [3.8, 4) is 16.3 Å². The lowest BCUT2D eigenvalue weighted by atomic mass is 10.2. The summed E-state index contributed by atoms with van der Waals surface area (Å²) in [5.41, 5.74) is 2.03. The number of hydrogen-bond acceptors (Lipinski definition) is 7. The fraction of sp³-hybridized carbons (Fsp3) is 0.211. The number of hydrogen-bond donors (Lipinski definition) is 1. The van der Waals surface area contributed by atoms with E-state index in [1.54, 1.807) is 12.1 Å². The molecule has 1 heterocycles. The highest BCUT2D eigenvalue weighted by molar-refractivity contribution is 7.89. The van der Waals surface area contributed by atoms with Crippen LogP contribution < -0.4 is 10.1 Å². The maximum absolute atomic E-state index is 12.6. The van der Waals surface area contributed by atoms with Crippen molar-refractivity contribution in [1.82, 2.24) is 14.5 Å². The number of aromatic nitrogens is 2. The first-order valence-corrected chi connectivity index (χ1v) is 10.9. The van der Waals surface area contributed by atoms with Crippen LogP contribution >= 0.6 is 11.3 Å². The van der Waals surface area contributed by atoms with Gasteiger partial charge in [-0.2, -0.15) is 4.31 Å². The summed E-state index contributed by atoms with van der Waals surface area (Å²) in [6.07, 6.45) is 0. The number of benzene rings is 2. The van der Waals surface area contributed by atoms with Gasteiger partial charge in [-0.25, -0.2) is 8.42 Å². The molecule has 0 spiro atoms. The highest BCUT2D eigenvalue weighted by Crippen LogP contribution is 2.26. The molecule has 0 saturated carbocycles. The molecule has 1 amide bonds. The number of aryl methyl sites for hydroxylation is 1. The monoisotopic (exact) mass is 432 g/mol. The van der Waals surface area contributed by atoms with Crippen LogP contribution in [0, 0.1) is 6.92 Å². The predicted molar refractivity (Wildman–Crippen MR) is 112 cm³/mol. The third-order valence-corrected chi connectivity index (χ3v) is 6.81. The Morgan fingerprint density at radius 3 is 2.38 bits per heavy atom. The number of anilines is 1. The average Bonchev–Trinajstić information content (AvgIpc) is 3.16. The van der Waals surface area contributed by atoms with Crippen LogP contribution in [0.4, 0.5) is 5.13 Å². The van der Waals surface area contributed by atoms with E-state index in [2.05, 4.69) is 15.5 Å². The molecule has 29 heavy (non-hydrogen) atoms. The van der Waals surface area contributed by atoms with Crippen molar-refractivity contribution in [2.75, 3.05) is 26.0 Å². The number of amides is 1. The SMILES string of the molecule is COc1ccc(S(=O)(=O)N(C)CC(=O)Nc2nnc(-c3ccc(C)cc3)s2)cc1. The summed E-state index contributed by atoms with van der Waals surface area (Å²) in [7, 11) is -0.967. The minimum Gasteiger partial charge on any atom is -0.497 e. The van der Waals surface area contributed by atoms with E-state index in [4.69, 9.17) is 4.74 Å². The molecule has 0 fully saturated rings. The predicted octanol–water partition coefficient (Wildman–Crippen LogP) is 2.78. The molecule has 0 atom stereocenters. The summed E-state index contributed by atoms with van der Waals surface area (Å²) in [6.45, 7) is 1.64. The zero-order valence-corrected chi connectivity index (χ0v) is 17.8. The second-order valence-electron chi connectivity index (χ2n) is 6.26. The van der Waals surface area contributed by atoms with Gasteiger partial charge in [0.05, 0.1) is 18.6 Å². The molecule has 3 aromatic rings. The van der Waals surface area contributed by atoms with Crippen LogP contribution in [0.25, 0.3) is 10.6 Å². The average molecular weight is 433 g/mol. The van der Waals surface area contributed by atoms with Crippen LogP contribution in [0.1, 0.15) is 5.56 Å². The molecule has 0 radical (unpaired) electrons. The first-order valence-electron chi connectivity index (χ1n) is 8.60. The van der Waals surface area contributed by atoms with Gasteiger partial charge >= 0.3 is 0 Å². The van der Waals surface area contributed by atoms with Crippen molar-refractivity contribution in [3.63, 3.8) is 0 Å². The van der Waals surface area contributed by atoms with E-state index in [0.29, 0.717) is 15.9 Å². The molecule has 0 aliphatic rings. The lowest BCUT2D eigenvalue weighted by molar-refractivity contribution is -0.116. The molecule has 8 nitrogen and oxygen atoms in total. The van der Waals surface area contributed by atoms with Crippen LogP contribution in [0.15, 0.2) is 53.4 Å². The number of sulfonamides is 1. The normalized spacial score (nSPS) is 11.4. The minimum atomic E-state index is -3.81. The van der Waals surface area contributed by atoms with E-state index >= 15 is 0 Å². The summed E-state index contributed by atoms with van der Waals surface area (Å²) in [4.78, 5) is 12.4. The van der Waals surface area contributed by atoms with Gasteiger partial charge in [0.15, 0.2) is 0 Å². The number of nitrogens with one attached hydrogen (secondary N) is 1. The number of methoxy groups -OCH3 is 1. The third kappa shape index (κ3) is 4.97. The lowest BCUT2D eigenvalue weighted by Crippen LogP contribution is -2.34. The summed E-state index contributed by atoms with van der Waals surface area (Å²) in [5.74, 6) is 0.0428. The Kier molecular flexibility index (Phi) is 6.26. The van der Waals surface area contributed by atoms with Crippen molar-refractivity contribution in [2.45, 2.75) is 11.8 Å². The van der Waals surface area contributed by atoms with E-state index in [9.17, 15) is 13.2 Å². The zero-order valence-electron chi connectivity index (χ0n) is 16.1. The summed E-state index contributed by atoms with van der Waals surface area (Å²) in [5, 5.41) is 11.6. The molecule has 0 saturated heterocycles. The molecular formula is C19H20N4O4S2. The molecule has 152 valence electrons. The van der Waals surface area contributed by atoms with E-state index in [1.807, 2.05) is 31.2 Å². The number of carbonyl (C=O) groups excluding carboxylic acids is 1. The van der Waals surface area contributed by atoms with Crippen molar-refractivity contribution < 1.29 is 17.9 Å². The van der Waals surface area contributed by atoms with Gasteiger partial charge in [0.1, 0.15) is 10.8 Å². The first-order chi connectivity index (χ1) is 13.8. The fourth-order valence-corrected chi connectivity index (χ4v) is 4.35. The van der Waals surface area contributed by atoms with Crippen LogP contribution in [-0.2, 0) is 14.8 Å². The largest absolute Gasteiger partial charge is 0.497 e. The summed E-state index contributed by atoms with van der Waals surface area (Å²) >= 11 is 1.22. The molecule has 10 heteroatoms. The standard InChI is InChI=1S/C19H20N4O4S2/c1-13-4-6-14(7-5-13)18-21-22-19(28-18)20-17(24)12-23(2)29(25,26)16-10-8-15(27-3)9-11-16/h4-11H,12H2,1-3H3,(H,20,22,24). The summed E-state index contributed by atoms with van der Waals surface area (Å²) in [6, 6.07) is 13.8. The number of carbonyl (C=O) groups is 1. The smallest absolute Gasteiger partial charge is 0.243 e. The van der Waals surface area contributed by atoms with Gasteiger partial charge < -0.3 is 4.74 Å². The maximum Gasteiger partial charge on any atom is 0.243 e. The Morgan fingerprint density at radius 1 is 1.10 bits per heavy atom. The van der Waals surface area contributed by atoms with Crippen LogP contribution in [0.3, 0.4) is 0 Å². The van der Waals surface area contributed by atoms with Gasteiger partial charge in [0.2, 0.25) is 21.1 Å². The Hall–Kier alpha value is -2.82. The van der Waals surface area contributed by atoms with Crippen molar-refractivity contribution in [1.29, 1.82) is 0 Å². The Balaban J connectivity index is 1.64. The van der Waals surface area contributed by atoms with Crippen molar-refractivity contribution in [3.05, 3.63) is 54.1 Å². The van der Waals surface area contributed by atoms with Gasteiger partial charge in [0.25, 0.3) is 0 Å². The second kappa shape index (κ2) is 8.68. The minimum absolute atomic E-state index is 0.0752. The molecule has 0 aliphatic heterocycles. The molecule has 1 aromatic heterocycles. The zero-order chi connectivity index (χ0) is 21.0. The lowest BCUT2D eigenvalue weighted by Gasteiger charge is -2.16. The second-order valence-corrected chi connectivity index (χ2v) is 9.29. The number of ether oxygens (including phenoxy) is 1. The van der Waals surface area contributed by atoms with Gasteiger partial charge in [-0.05, 0) is 31.2 Å². The van der Waals surface area contributed by atoms with Gasteiger partial charge in [-0.3, -0.25) is 10.1 Å². The maximum atomic E-state index is 12.6. The van der Waals surface area contributed by atoms with Crippen molar-refractivity contribution in [2.24, 2.45) is 0 Å². The van der Waals surface area contributed by atoms with E-state index in [1.165, 1.54) is 37.6 Å². The first kappa shape index (κ1) is 20.9. The molecule has 1 N–H and O–H groups in total. The third-order valence-electron chi connectivity index (χ3n) is 4.10. The highest BCUT2D eigenvalue weighted by atomic mass is 32.2. The Labute approximate surface area is 173 Å². The van der Waals surface area contributed by atoms with E-state index in [0.717, 1.165) is 15.4 Å². The number of likely N-dealkylation sites (N-methyl/N-ethyl adjacent to an activating group) is 1. The Bertz CT molecular complexity index is 1090. The number of rotatable bonds is 7. The van der Waals surface area contributed by atoms with Crippen LogP contribution in [-0.4, -0.2) is 49.5 Å². The van der Waals surface area contributed by atoms with E-state index in [-0.39, 0.29) is 11.4 Å². The molecule has 2 aromatic carbocycles. The highest BCUT2D eigenvalue weighted by Gasteiger charge is 2.23. The topological polar surface area (TPSA) is 101 Å². The quantitative estimate of drug-likeness (QED) is 0.616. The molecular weight excluding hydrogens is 412 g/mol. The van der Waals surface area contributed by atoms with Crippen LogP contribution in [0.2, 0.25) is 0 Å².